The highest BCUT2D eigenvalue weighted by atomic mass is 16.5. The summed E-state index contributed by atoms with van der Waals surface area (Å²) in [6.45, 7) is 2.22. The summed E-state index contributed by atoms with van der Waals surface area (Å²) in [5, 5.41) is 4.11. The highest BCUT2D eigenvalue weighted by molar-refractivity contribution is 5.83. The van der Waals surface area contributed by atoms with Crippen molar-refractivity contribution in [2.75, 3.05) is 5.32 Å². The summed E-state index contributed by atoms with van der Waals surface area (Å²) in [5.74, 6) is 0.705. The number of benzene rings is 2. The van der Waals surface area contributed by atoms with Crippen molar-refractivity contribution in [3.8, 4) is 5.69 Å². The molecule has 1 saturated carbocycles. The third kappa shape index (κ3) is 4.04. The zero-order valence-corrected chi connectivity index (χ0v) is 18.3. The highest BCUT2D eigenvalue weighted by Gasteiger charge is 2.22. The Bertz CT molecular complexity index is 1280. The van der Waals surface area contributed by atoms with E-state index >= 15 is 0 Å². The Morgan fingerprint density at radius 1 is 0.969 bits per heavy atom. The van der Waals surface area contributed by atoms with Crippen LogP contribution in [0, 0.1) is 6.92 Å². The molecule has 162 valence electrons. The minimum absolute atomic E-state index is 0.0314. The van der Waals surface area contributed by atoms with Gasteiger partial charge in [0.1, 0.15) is 11.5 Å². The molecule has 0 unspecified atom stereocenters. The summed E-state index contributed by atoms with van der Waals surface area (Å²) in [6.07, 6.45) is 4.71. The lowest BCUT2D eigenvalue weighted by Gasteiger charge is -2.22. The van der Waals surface area contributed by atoms with Crippen LogP contribution in [0.2, 0.25) is 0 Å². The summed E-state index contributed by atoms with van der Waals surface area (Å²) in [5.41, 5.74) is 3.95. The Morgan fingerprint density at radius 3 is 2.38 bits per heavy atom. The van der Waals surface area contributed by atoms with E-state index in [2.05, 4.69) is 5.32 Å². The number of pyridine rings is 2. The van der Waals surface area contributed by atoms with Gasteiger partial charge in [-0.05, 0) is 56.2 Å². The monoisotopic (exact) mass is 425 g/mol. The third-order valence-corrected chi connectivity index (χ3v) is 6.07. The predicted molar refractivity (Wildman–Crippen MR) is 129 cm³/mol. The van der Waals surface area contributed by atoms with Gasteiger partial charge in [0, 0.05) is 17.1 Å². The van der Waals surface area contributed by atoms with Gasteiger partial charge in [0.2, 0.25) is 0 Å². The number of anilines is 2. The van der Waals surface area contributed by atoms with Crippen LogP contribution in [0.25, 0.3) is 16.7 Å². The first-order chi connectivity index (χ1) is 15.7. The van der Waals surface area contributed by atoms with Crippen molar-refractivity contribution < 1.29 is 4.74 Å². The third-order valence-electron chi connectivity index (χ3n) is 6.07. The van der Waals surface area contributed by atoms with Crippen molar-refractivity contribution in [3.05, 3.63) is 94.3 Å². The lowest BCUT2D eigenvalue weighted by Crippen LogP contribution is -2.22. The van der Waals surface area contributed by atoms with Gasteiger partial charge in [-0.3, -0.25) is 9.36 Å². The molecular formula is C27H27N3O2. The van der Waals surface area contributed by atoms with Gasteiger partial charge >= 0.3 is 0 Å². The Morgan fingerprint density at radius 2 is 1.66 bits per heavy atom. The largest absolute Gasteiger partial charge is 0.373 e. The number of fused-ring (bicyclic) bond motifs is 1. The van der Waals surface area contributed by atoms with Crippen molar-refractivity contribution in [2.24, 2.45) is 0 Å². The molecule has 0 amide bonds. The number of nitrogens with one attached hydrogen (secondary N) is 1. The topological polar surface area (TPSA) is 56.1 Å². The van der Waals surface area contributed by atoms with E-state index < -0.39 is 0 Å². The van der Waals surface area contributed by atoms with Gasteiger partial charge < -0.3 is 10.1 Å². The quantitative estimate of drug-likeness (QED) is 0.418. The molecule has 1 fully saturated rings. The van der Waals surface area contributed by atoms with Crippen LogP contribution in [0.3, 0.4) is 0 Å². The van der Waals surface area contributed by atoms with E-state index in [0.29, 0.717) is 22.4 Å². The molecule has 5 rings (SSSR count). The fraction of sp³-hybridized carbons (Fsp3) is 0.259. The van der Waals surface area contributed by atoms with Gasteiger partial charge in [0.15, 0.2) is 5.43 Å². The van der Waals surface area contributed by atoms with Gasteiger partial charge in [0.05, 0.1) is 23.7 Å². The molecule has 1 aliphatic carbocycles. The van der Waals surface area contributed by atoms with Gasteiger partial charge in [-0.25, -0.2) is 4.98 Å². The number of rotatable bonds is 6. The zero-order chi connectivity index (χ0) is 21.9. The van der Waals surface area contributed by atoms with Gasteiger partial charge in [0.25, 0.3) is 0 Å². The Balaban J connectivity index is 1.75. The number of hydrogen-bond donors (Lipinski definition) is 1. The Labute approximate surface area is 187 Å². The molecule has 5 nitrogen and oxygen atoms in total. The molecule has 2 aromatic heterocycles. The summed E-state index contributed by atoms with van der Waals surface area (Å²) >= 11 is 0. The predicted octanol–water partition coefficient (Wildman–Crippen LogP) is 5.90. The van der Waals surface area contributed by atoms with Crippen molar-refractivity contribution >= 4 is 22.5 Å². The van der Waals surface area contributed by atoms with Crippen LogP contribution in [0.1, 0.15) is 36.9 Å². The molecule has 0 aliphatic heterocycles. The van der Waals surface area contributed by atoms with E-state index in [9.17, 15) is 4.79 Å². The molecule has 0 saturated heterocycles. The second-order valence-electron chi connectivity index (χ2n) is 8.36. The molecule has 1 aliphatic rings. The molecule has 1 N–H and O–H groups in total. The minimum Gasteiger partial charge on any atom is -0.373 e. The second-order valence-corrected chi connectivity index (χ2v) is 8.36. The molecule has 2 heterocycles. The standard InChI is InChI=1S/C27H27N3O2/c1-19-16-17-23-25(31)24(18-32-22-14-8-9-15-22)27(29-20-10-4-2-5-11-20)30(26(23)28-19)21-12-6-3-7-13-21/h2-7,10-13,16-17,22,29H,8-9,14-15,18H2,1H3. The normalized spacial score (nSPS) is 14.2. The first-order valence-electron chi connectivity index (χ1n) is 11.2. The molecule has 0 bridgehead atoms. The van der Waals surface area contributed by atoms with Gasteiger partial charge in [-0.15, -0.1) is 0 Å². The van der Waals surface area contributed by atoms with Crippen LogP contribution in [0.15, 0.2) is 77.6 Å². The van der Waals surface area contributed by atoms with Crippen LogP contribution >= 0.6 is 0 Å². The molecule has 0 radical (unpaired) electrons. The minimum atomic E-state index is -0.0314. The van der Waals surface area contributed by atoms with Crippen molar-refractivity contribution in [3.63, 3.8) is 0 Å². The highest BCUT2D eigenvalue weighted by Crippen LogP contribution is 2.29. The molecule has 2 aromatic carbocycles. The van der Waals surface area contributed by atoms with Crippen LogP contribution in [0.4, 0.5) is 11.5 Å². The molecule has 4 aromatic rings. The number of hydrogen-bond acceptors (Lipinski definition) is 4. The molecule has 32 heavy (non-hydrogen) atoms. The number of para-hydroxylation sites is 2. The van der Waals surface area contributed by atoms with Crippen molar-refractivity contribution in [1.29, 1.82) is 0 Å². The molecular weight excluding hydrogens is 398 g/mol. The number of aromatic nitrogens is 2. The molecule has 0 atom stereocenters. The summed E-state index contributed by atoms with van der Waals surface area (Å²) in [4.78, 5) is 18.4. The fourth-order valence-corrected chi connectivity index (χ4v) is 4.41. The van der Waals surface area contributed by atoms with E-state index in [0.717, 1.165) is 29.9 Å². The maximum atomic E-state index is 13.7. The first kappa shape index (κ1) is 20.5. The smallest absolute Gasteiger partial charge is 0.198 e. The number of nitrogens with zero attached hydrogens (tertiary/aromatic N) is 2. The molecule has 5 heteroatoms. The average molecular weight is 426 g/mol. The lowest BCUT2D eigenvalue weighted by atomic mass is 10.1. The Hall–Kier alpha value is -3.44. The fourth-order valence-electron chi connectivity index (χ4n) is 4.41. The SMILES string of the molecule is Cc1ccc2c(=O)c(COC3CCCC3)c(Nc3ccccc3)n(-c3ccccc3)c2n1. The van der Waals surface area contributed by atoms with E-state index in [1.54, 1.807) is 0 Å². The van der Waals surface area contributed by atoms with Gasteiger partial charge in [-0.2, -0.15) is 0 Å². The molecule has 0 spiro atoms. The zero-order valence-electron chi connectivity index (χ0n) is 18.3. The van der Waals surface area contributed by atoms with Crippen LogP contribution in [-0.2, 0) is 11.3 Å². The van der Waals surface area contributed by atoms with E-state index in [-0.39, 0.29) is 18.1 Å². The average Bonchev–Trinajstić information content (AvgIpc) is 3.34. The van der Waals surface area contributed by atoms with Crippen molar-refractivity contribution in [1.82, 2.24) is 9.55 Å². The van der Waals surface area contributed by atoms with Crippen LogP contribution in [-0.4, -0.2) is 15.7 Å². The second kappa shape index (κ2) is 8.97. The summed E-state index contributed by atoms with van der Waals surface area (Å²) in [6, 6.07) is 23.7. The van der Waals surface area contributed by atoms with Crippen LogP contribution < -0.4 is 10.7 Å². The Kier molecular flexibility index (Phi) is 5.73. The number of ether oxygens (including phenoxy) is 1. The van der Waals surface area contributed by atoms with E-state index in [1.807, 2.05) is 84.3 Å². The van der Waals surface area contributed by atoms with Gasteiger partial charge in [-0.1, -0.05) is 49.2 Å². The summed E-state index contributed by atoms with van der Waals surface area (Å²) < 4.78 is 8.28. The van der Waals surface area contributed by atoms with Crippen LogP contribution in [0.5, 0.6) is 0 Å². The first-order valence-corrected chi connectivity index (χ1v) is 11.2. The van der Waals surface area contributed by atoms with Crippen molar-refractivity contribution in [2.45, 2.75) is 45.3 Å². The maximum absolute atomic E-state index is 13.7. The maximum Gasteiger partial charge on any atom is 0.198 e. The lowest BCUT2D eigenvalue weighted by molar-refractivity contribution is 0.0455. The summed E-state index contributed by atoms with van der Waals surface area (Å²) in [7, 11) is 0. The number of aryl methyl sites for hydroxylation is 1. The van der Waals surface area contributed by atoms with E-state index in [1.165, 1.54) is 12.8 Å². The van der Waals surface area contributed by atoms with E-state index in [4.69, 9.17) is 9.72 Å².